The molecule has 2 aliphatic rings. The number of rotatable bonds is 4. The number of piperidine rings is 1. The summed E-state index contributed by atoms with van der Waals surface area (Å²) < 4.78 is 0. The first-order valence-corrected chi connectivity index (χ1v) is 6.76. The lowest BCUT2D eigenvalue weighted by Gasteiger charge is -2.34. The Labute approximate surface area is 107 Å². The standard InChI is InChI=1S/C15H19NO2/c17-15(18)9-14(12-4-2-1-3-5-12)16-10-11-6-7-13(16)8-11/h1-5,11,13-14H,6-10H2,(H,17,18). The Balaban J connectivity index is 1.84. The Hall–Kier alpha value is -1.35. The summed E-state index contributed by atoms with van der Waals surface area (Å²) in [6.07, 6.45) is 4.06. The van der Waals surface area contributed by atoms with Gasteiger partial charge in [0.2, 0.25) is 0 Å². The molecule has 1 aromatic carbocycles. The van der Waals surface area contributed by atoms with Crippen LogP contribution in [-0.4, -0.2) is 28.6 Å². The maximum atomic E-state index is 11.1. The predicted molar refractivity (Wildman–Crippen MR) is 69.3 cm³/mol. The zero-order chi connectivity index (χ0) is 12.5. The molecule has 0 spiro atoms. The van der Waals surface area contributed by atoms with E-state index in [1.165, 1.54) is 19.3 Å². The fourth-order valence-corrected chi connectivity index (χ4v) is 3.61. The van der Waals surface area contributed by atoms with E-state index in [0.29, 0.717) is 6.04 Å². The van der Waals surface area contributed by atoms with Crippen molar-refractivity contribution < 1.29 is 9.90 Å². The highest BCUT2D eigenvalue weighted by molar-refractivity contribution is 5.68. The summed E-state index contributed by atoms with van der Waals surface area (Å²) in [5.41, 5.74) is 1.15. The number of likely N-dealkylation sites (tertiary alicyclic amines) is 1. The van der Waals surface area contributed by atoms with Gasteiger partial charge < -0.3 is 5.11 Å². The van der Waals surface area contributed by atoms with Gasteiger partial charge in [0.05, 0.1) is 6.42 Å². The van der Waals surface area contributed by atoms with Crippen molar-refractivity contribution in [2.45, 2.75) is 37.8 Å². The van der Waals surface area contributed by atoms with E-state index in [1.807, 2.05) is 18.2 Å². The molecule has 1 saturated carbocycles. The van der Waals surface area contributed by atoms with Crippen LogP contribution >= 0.6 is 0 Å². The van der Waals surface area contributed by atoms with E-state index in [-0.39, 0.29) is 12.5 Å². The van der Waals surface area contributed by atoms with E-state index < -0.39 is 5.97 Å². The molecule has 2 fully saturated rings. The van der Waals surface area contributed by atoms with Crippen LogP contribution < -0.4 is 0 Å². The van der Waals surface area contributed by atoms with Gasteiger partial charge >= 0.3 is 5.97 Å². The highest BCUT2D eigenvalue weighted by atomic mass is 16.4. The highest BCUT2D eigenvalue weighted by Gasteiger charge is 2.41. The van der Waals surface area contributed by atoms with Crippen LogP contribution in [0.25, 0.3) is 0 Å². The van der Waals surface area contributed by atoms with E-state index in [1.54, 1.807) is 0 Å². The number of nitrogens with zero attached hydrogens (tertiary/aromatic N) is 1. The smallest absolute Gasteiger partial charge is 0.305 e. The molecule has 1 N–H and O–H groups in total. The van der Waals surface area contributed by atoms with Gasteiger partial charge in [-0.05, 0) is 30.7 Å². The van der Waals surface area contributed by atoms with Crippen LogP contribution in [0.4, 0.5) is 0 Å². The summed E-state index contributed by atoms with van der Waals surface area (Å²) in [7, 11) is 0. The molecule has 3 atom stereocenters. The van der Waals surface area contributed by atoms with E-state index in [2.05, 4.69) is 17.0 Å². The summed E-state index contributed by atoms with van der Waals surface area (Å²) >= 11 is 0. The third-order valence-electron chi connectivity index (χ3n) is 4.40. The summed E-state index contributed by atoms with van der Waals surface area (Å²) in [5.74, 6) is 0.0987. The van der Waals surface area contributed by atoms with E-state index in [9.17, 15) is 4.79 Å². The lowest BCUT2D eigenvalue weighted by molar-refractivity contribution is -0.138. The molecule has 0 radical (unpaired) electrons. The Morgan fingerprint density at radius 2 is 2.11 bits per heavy atom. The van der Waals surface area contributed by atoms with Gasteiger partial charge in [-0.15, -0.1) is 0 Å². The minimum absolute atomic E-state index is 0.0546. The van der Waals surface area contributed by atoms with Crippen molar-refractivity contribution in [1.82, 2.24) is 4.90 Å². The van der Waals surface area contributed by atoms with Gasteiger partial charge in [-0.2, -0.15) is 0 Å². The molecule has 1 aromatic rings. The molecule has 3 heteroatoms. The number of hydrogen-bond acceptors (Lipinski definition) is 2. The number of carbonyl (C=O) groups is 1. The van der Waals surface area contributed by atoms with Crippen molar-refractivity contribution >= 4 is 5.97 Å². The fraction of sp³-hybridized carbons (Fsp3) is 0.533. The Morgan fingerprint density at radius 3 is 2.67 bits per heavy atom. The van der Waals surface area contributed by atoms with Crippen molar-refractivity contribution in [2.75, 3.05) is 6.54 Å². The summed E-state index contributed by atoms with van der Waals surface area (Å²) in [6.45, 7) is 1.08. The number of carboxylic acid groups (broad SMARTS) is 1. The topological polar surface area (TPSA) is 40.5 Å². The molecule has 3 rings (SSSR count). The number of benzene rings is 1. The molecule has 1 aliphatic heterocycles. The number of carboxylic acids is 1. The first-order valence-electron chi connectivity index (χ1n) is 6.76. The van der Waals surface area contributed by atoms with Crippen molar-refractivity contribution in [2.24, 2.45) is 5.92 Å². The molecule has 1 saturated heterocycles. The largest absolute Gasteiger partial charge is 0.481 e. The molecule has 3 unspecified atom stereocenters. The number of aliphatic carboxylic acids is 1. The fourth-order valence-electron chi connectivity index (χ4n) is 3.61. The first kappa shape index (κ1) is 11.7. The SMILES string of the molecule is O=C(O)CC(c1ccccc1)N1CC2CCC1C2. The minimum atomic E-state index is -0.702. The molecular formula is C15H19NO2. The molecule has 3 nitrogen and oxygen atoms in total. The first-order chi connectivity index (χ1) is 8.74. The molecule has 0 aromatic heterocycles. The maximum absolute atomic E-state index is 11.1. The van der Waals surface area contributed by atoms with Crippen LogP contribution in [0.15, 0.2) is 30.3 Å². The summed E-state index contributed by atoms with van der Waals surface area (Å²) in [6, 6.07) is 10.8. The quantitative estimate of drug-likeness (QED) is 0.886. The van der Waals surface area contributed by atoms with Gasteiger partial charge in [-0.1, -0.05) is 30.3 Å². The maximum Gasteiger partial charge on any atom is 0.305 e. The van der Waals surface area contributed by atoms with Crippen LogP contribution in [0.5, 0.6) is 0 Å². The average Bonchev–Trinajstić information content (AvgIpc) is 2.99. The van der Waals surface area contributed by atoms with Gasteiger partial charge in [-0.3, -0.25) is 9.69 Å². The Kier molecular flexibility index (Phi) is 3.08. The summed E-state index contributed by atoms with van der Waals surface area (Å²) in [5, 5.41) is 9.15. The van der Waals surface area contributed by atoms with Crippen LogP contribution in [0.2, 0.25) is 0 Å². The normalized spacial score (nSPS) is 28.4. The van der Waals surface area contributed by atoms with Crippen molar-refractivity contribution in [3.05, 3.63) is 35.9 Å². The molecule has 0 amide bonds. The highest BCUT2D eigenvalue weighted by Crippen LogP contribution is 2.42. The lowest BCUT2D eigenvalue weighted by atomic mass is 9.99. The van der Waals surface area contributed by atoms with E-state index in [4.69, 9.17) is 5.11 Å². The zero-order valence-electron chi connectivity index (χ0n) is 10.5. The van der Waals surface area contributed by atoms with Gasteiger partial charge in [-0.25, -0.2) is 0 Å². The molecule has 18 heavy (non-hydrogen) atoms. The molecule has 1 aliphatic carbocycles. The zero-order valence-corrected chi connectivity index (χ0v) is 10.5. The molecule has 2 bridgehead atoms. The second-order valence-corrected chi connectivity index (χ2v) is 5.55. The Bertz CT molecular complexity index is 431. The van der Waals surface area contributed by atoms with Crippen molar-refractivity contribution in [3.8, 4) is 0 Å². The van der Waals surface area contributed by atoms with E-state index >= 15 is 0 Å². The second-order valence-electron chi connectivity index (χ2n) is 5.55. The average molecular weight is 245 g/mol. The molecule has 96 valence electrons. The van der Waals surface area contributed by atoms with Crippen LogP contribution in [0.1, 0.15) is 37.3 Å². The number of hydrogen-bond donors (Lipinski definition) is 1. The third-order valence-corrected chi connectivity index (χ3v) is 4.40. The van der Waals surface area contributed by atoms with Crippen LogP contribution in [0, 0.1) is 5.92 Å². The third kappa shape index (κ3) is 2.15. The van der Waals surface area contributed by atoms with Gasteiger partial charge in [0.1, 0.15) is 0 Å². The second kappa shape index (κ2) is 4.73. The predicted octanol–water partition coefficient (Wildman–Crippen LogP) is 2.69. The van der Waals surface area contributed by atoms with Crippen molar-refractivity contribution in [3.63, 3.8) is 0 Å². The van der Waals surface area contributed by atoms with Crippen LogP contribution in [0.3, 0.4) is 0 Å². The van der Waals surface area contributed by atoms with Crippen LogP contribution in [-0.2, 0) is 4.79 Å². The molecule has 1 heterocycles. The monoisotopic (exact) mass is 245 g/mol. The number of fused-ring (bicyclic) bond motifs is 2. The summed E-state index contributed by atoms with van der Waals surface area (Å²) in [4.78, 5) is 13.5. The lowest BCUT2D eigenvalue weighted by Crippen LogP contribution is -2.36. The molecular weight excluding hydrogens is 226 g/mol. The van der Waals surface area contributed by atoms with Gasteiger partial charge in [0.25, 0.3) is 0 Å². The Morgan fingerprint density at radius 1 is 1.33 bits per heavy atom. The minimum Gasteiger partial charge on any atom is -0.481 e. The van der Waals surface area contributed by atoms with Crippen molar-refractivity contribution in [1.29, 1.82) is 0 Å². The van der Waals surface area contributed by atoms with E-state index in [0.717, 1.165) is 18.0 Å². The van der Waals surface area contributed by atoms with Gasteiger partial charge in [0.15, 0.2) is 0 Å². The van der Waals surface area contributed by atoms with Gasteiger partial charge in [0, 0.05) is 18.6 Å².